The summed E-state index contributed by atoms with van der Waals surface area (Å²) in [6.07, 6.45) is 2.20. The maximum atomic E-state index is 12.4. The molecular weight excluding hydrogens is 306 g/mol. The molecule has 9 heteroatoms. The molecule has 112 valence electrons. The van der Waals surface area contributed by atoms with Crippen LogP contribution in [0.15, 0.2) is 17.3 Å². The van der Waals surface area contributed by atoms with Gasteiger partial charge in [0, 0.05) is 6.04 Å². The predicted molar refractivity (Wildman–Crippen MR) is 72.7 cm³/mol. The average molecular weight is 322 g/mol. The second-order valence-corrected chi connectivity index (χ2v) is 6.37. The Bertz CT molecular complexity index is 560. The molecule has 0 bridgehead atoms. The van der Waals surface area contributed by atoms with Crippen molar-refractivity contribution in [2.45, 2.75) is 31.7 Å². The molecule has 1 heterocycles. The third kappa shape index (κ3) is 4.12. The van der Waals surface area contributed by atoms with Gasteiger partial charge in [-0.15, -0.1) is 0 Å². The highest BCUT2D eigenvalue weighted by Crippen LogP contribution is 2.17. The maximum absolute atomic E-state index is 12.4. The van der Waals surface area contributed by atoms with Crippen molar-refractivity contribution in [2.75, 3.05) is 13.2 Å². The average Bonchev–Trinajstić information content (AvgIpc) is 2.36. The minimum absolute atomic E-state index is 0.0505. The van der Waals surface area contributed by atoms with E-state index in [1.54, 1.807) is 20.8 Å². The standard InChI is InChI=1S/C11H16ClN3O4S/c1-4-19-10(16)7-15(8(2)3)20(17,18)9-5-13-11(12)14-6-9/h5-6,8H,4,7H2,1-3H3. The van der Waals surface area contributed by atoms with Gasteiger partial charge in [-0.1, -0.05) is 0 Å². The van der Waals surface area contributed by atoms with Crippen molar-refractivity contribution in [2.24, 2.45) is 0 Å². The molecule has 1 aromatic heterocycles. The lowest BCUT2D eigenvalue weighted by Crippen LogP contribution is -2.41. The van der Waals surface area contributed by atoms with Gasteiger partial charge in [0.2, 0.25) is 15.3 Å². The number of nitrogens with zero attached hydrogens (tertiary/aromatic N) is 3. The van der Waals surface area contributed by atoms with Gasteiger partial charge in [0.15, 0.2) is 0 Å². The molecule has 0 aliphatic rings. The highest BCUT2D eigenvalue weighted by atomic mass is 35.5. The van der Waals surface area contributed by atoms with Crippen LogP contribution < -0.4 is 0 Å². The zero-order chi connectivity index (χ0) is 15.3. The Kier molecular flexibility index (Phi) is 5.85. The highest BCUT2D eigenvalue weighted by molar-refractivity contribution is 7.89. The molecule has 20 heavy (non-hydrogen) atoms. The van der Waals surface area contributed by atoms with E-state index in [-0.39, 0.29) is 23.3 Å². The summed E-state index contributed by atoms with van der Waals surface area (Å²) in [5, 5.41) is -0.0505. The molecule has 0 aromatic carbocycles. The fourth-order valence-electron chi connectivity index (χ4n) is 1.45. The van der Waals surface area contributed by atoms with Crippen molar-refractivity contribution in [1.82, 2.24) is 14.3 Å². The van der Waals surface area contributed by atoms with Crippen molar-refractivity contribution >= 4 is 27.6 Å². The van der Waals surface area contributed by atoms with Crippen LogP contribution in [0.2, 0.25) is 5.28 Å². The van der Waals surface area contributed by atoms with E-state index in [2.05, 4.69) is 9.97 Å². The van der Waals surface area contributed by atoms with Crippen molar-refractivity contribution < 1.29 is 17.9 Å². The third-order valence-electron chi connectivity index (χ3n) is 2.37. The maximum Gasteiger partial charge on any atom is 0.321 e. The smallest absolute Gasteiger partial charge is 0.321 e. The summed E-state index contributed by atoms with van der Waals surface area (Å²) in [4.78, 5) is 18.7. The first-order chi connectivity index (χ1) is 9.28. The van der Waals surface area contributed by atoms with Crippen LogP contribution in [0.5, 0.6) is 0 Å². The molecule has 0 fully saturated rings. The first kappa shape index (κ1) is 16.8. The van der Waals surface area contributed by atoms with E-state index < -0.39 is 22.0 Å². The number of hydrogen-bond donors (Lipinski definition) is 0. The summed E-state index contributed by atoms with van der Waals surface area (Å²) in [5.74, 6) is -0.611. The minimum atomic E-state index is -3.88. The minimum Gasteiger partial charge on any atom is -0.465 e. The van der Waals surface area contributed by atoms with Crippen molar-refractivity contribution in [3.63, 3.8) is 0 Å². The second-order valence-electron chi connectivity index (χ2n) is 4.14. The summed E-state index contributed by atoms with van der Waals surface area (Å²) in [6, 6.07) is -0.417. The monoisotopic (exact) mass is 321 g/mol. The highest BCUT2D eigenvalue weighted by Gasteiger charge is 2.30. The van der Waals surface area contributed by atoms with Gasteiger partial charge in [-0.2, -0.15) is 4.31 Å². The Hall–Kier alpha value is -1.25. The van der Waals surface area contributed by atoms with Gasteiger partial charge in [0.25, 0.3) is 0 Å². The Morgan fingerprint density at radius 2 is 1.95 bits per heavy atom. The van der Waals surface area contributed by atoms with Crippen molar-refractivity contribution in [1.29, 1.82) is 0 Å². The molecule has 0 aliphatic carbocycles. The summed E-state index contributed by atoms with van der Waals surface area (Å²) in [7, 11) is -3.88. The summed E-state index contributed by atoms with van der Waals surface area (Å²) < 4.78 is 30.6. The molecule has 0 unspecified atom stereocenters. The lowest BCUT2D eigenvalue weighted by molar-refractivity contribution is -0.143. The van der Waals surface area contributed by atoms with E-state index in [4.69, 9.17) is 16.3 Å². The Labute approximate surface area is 123 Å². The summed E-state index contributed by atoms with van der Waals surface area (Å²) >= 11 is 5.52. The lowest BCUT2D eigenvalue weighted by Gasteiger charge is -2.24. The number of rotatable bonds is 6. The van der Waals surface area contributed by atoms with E-state index in [0.29, 0.717) is 0 Å². The number of hydrogen-bond acceptors (Lipinski definition) is 6. The quantitative estimate of drug-likeness (QED) is 0.575. The van der Waals surface area contributed by atoms with Crippen LogP contribution in [-0.4, -0.2) is 47.9 Å². The van der Waals surface area contributed by atoms with E-state index in [9.17, 15) is 13.2 Å². The summed E-state index contributed by atoms with van der Waals surface area (Å²) in [5.41, 5.74) is 0. The summed E-state index contributed by atoms with van der Waals surface area (Å²) in [6.45, 7) is 4.80. The van der Waals surface area contributed by atoms with Gasteiger partial charge >= 0.3 is 5.97 Å². The SMILES string of the molecule is CCOC(=O)CN(C(C)C)S(=O)(=O)c1cnc(Cl)nc1. The van der Waals surface area contributed by atoms with Crippen LogP contribution in [0, 0.1) is 0 Å². The molecule has 0 atom stereocenters. The van der Waals surface area contributed by atoms with Gasteiger partial charge in [0.1, 0.15) is 11.4 Å². The Morgan fingerprint density at radius 3 is 2.40 bits per heavy atom. The van der Waals surface area contributed by atoms with Crippen molar-refractivity contribution in [3.8, 4) is 0 Å². The first-order valence-corrected chi connectivity index (χ1v) is 7.75. The fraction of sp³-hybridized carbons (Fsp3) is 0.545. The van der Waals surface area contributed by atoms with Crippen LogP contribution in [0.25, 0.3) is 0 Å². The number of aromatic nitrogens is 2. The number of carbonyl (C=O) groups excluding carboxylic acids is 1. The molecule has 0 radical (unpaired) electrons. The zero-order valence-electron chi connectivity index (χ0n) is 11.4. The van der Waals surface area contributed by atoms with Crippen LogP contribution in [-0.2, 0) is 19.6 Å². The largest absolute Gasteiger partial charge is 0.465 e. The molecule has 0 amide bonds. The Balaban J connectivity index is 3.06. The van der Waals surface area contributed by atoms with Crippen LogP contribution in [0.3, 0.4) is 0 Å². The zero-order valence-corrected chi connectivity index (χ0v) is 13.0. The fourth-order valence-corrected chi connectivity index (χ4v) is 3.02. The van der Waals surface area contributed by atoms with E-state index in [1.165, 1.54) is 0 Å². The second kappa shape index (κ2) is 6.96. The Morgan fingerprint density at radius 1 is 1.40 bits per heavy atom. The third-order valence-corrected chi connectivity index (χ3v) is 4.54. The molecule has 0 aliphatic heterocycles. The topological polar surface area (TPSA) is 89.5 Å². The first-order valence-electron chi connectivity index (χ1n) is 5.94. The van der Waals surface area contributed by atoms with Crippen LogP contribution >= 0.6 is 11.6 Å². The predicted octanol–water partition coefficient (Wildman–Crippen LogP) is 1.09. The number of carbonyl (C=O) groups is 1. The van der Waals surface area contributed by atoms with Crippen molar-refractivity contribution in [3.05, 3.63) is 17.7 Å². The number of ether oxygens (including phenoxy) is 1. The van der Waals surface area contributed by atoms with E-state index in [0.717, 1.165) is 16.7 Å². The molecule has 0 N–H and O–H groups in total. The van der Waals surface area contributed by atoms with Gasteiger partial charge < -0.3 is 4.74 Å². The molecule has 7 nitrogen and oxygen atoms in total. The van der Waals surface area contributed by atoms with Crippen LogP contribution in [0.1, 0.15) is 20.8 Å². The molecule has 0 saturated heterocycles. The van der Waals surface area contributed by atoms with E-state index >= 15 is 0 Å². The van der Waals surface area contributed by atoms with Gasteiger partial charge in [-0.05, 0) is 32.4 Å². The van der Waals surface area contributed by atoms with E-state index in [1.807, 2.05) is 0 Å². The van der Waals surface area contributed by atoms with Gasteiger partial charge in [-0.3, -0.25) is 4.79 Å². The van der Waals surface area contributed by atoms with Gasteiger partial charge in [0.05, 0.1) is 19.0 Å². The molecule has 1 aromatic rings. The number of halogens is 1. The molecule has 0 spiro atoms. The molecular formula is C11H16ClN3O4S. The molecule has 1 rings (SSSR count). The van der Waals surface area contributed by atoms with Crippen LogP contribution in [0.4, 0.5) is 0 Å². The lowest BCUT2D eigenvalue weighted by atomic mass is 10.4. The normalized spacial score (nSPS) is 11.9. The number of sulfonamides is 1. The molecule has 0 saturated carbocycles. The number of esters is 1. The van der Waals surface area contributed by atoms with Gasteiger partial charge in [-0.25, -0.2) is 18.4 Å².